The van der Waals surface area contributed by atoms with Gasteiger partial charge in [-0.15, -0.1) is 0 Å². The van der Waals surface area contributed by atoms with E-state index in [0.29, 0.717) is 24.3 Å². The molecule has 9 nitrogen and oxygen atoms in total. The predicted molar refractivity (Wildman–Crippen MR) is 128 cm³/mol. The summed E-state index contributed by atoms with van der Waals surface area (Å²) < 4.78 is 16.2. The fraction of sp³-hybridized carbons (Fsp3) is 0.333. The number of pyridine rings is 1. The van der Waals surface area contributed by atoms with Gasteiger partial charge in [0.05, 0.1) is 22.4 Å². The van der Waals surface area contributed by atoms with Crippen molar-refractivity contribution in [2.45, 2.75) is 20.4 Å². The lowest BCUT2D eigenvalue weighted by Crippen LogP contribution is -2.46. The van der Waals surface area contributed by atoms with Gasteiger partial charge < -0.3 is 15.2 Å². The summed E-state index contributed by atoms with van der Waals surface area (Å²) in [6, 6.07) is 9.20. The number of hydrogen-bond donors (Lipinski definition) is 2. The Hall–Kier alpha value is -3.79. The van der Waals surface area contributed by atoms with Crippen LogP contribution in [0.25, 0.3) is 16.6 Å². The number of nitrogens with one attached hydrogen (secondary N) is 2. The van der Waals surface area contributed by atoms with Gasteiger partial charge in [-0.3, -0.25) is 14.5 Å². The molecule has 10 heteroatoms. The zero-order chi connectivity index (χ0) is 24.0. The first kappa shape index (κ1) is 22.0. The second-order valence-electron chi connectivity index (χ2n) is 8.63. The number of hydrogen-bond acceptors (Lipinski definition) is 6. The maximum absolute atomic E-state index is 14.5. The second kappa shape index (κ2) is 8.53. The highest BCUT2D eigenvalue weighted by Gasteiger charge is 2.21. The highest BCUT2D eigenvalue weighted by molar-refractivity contribution is 5.92. The molecule has 1 aliphatic rings. The predicted octanol–water partition coefficient (Wildman–Crippen LogP) is 2.01. The number of halogens is 1. The van der Waals surface area contributed by atoms with Crippen LogP contribution in [0, 0.1) is 19.8 Å². The van der Waals surface area contributed by atoms with E-state index in [1.165, 1.54) is 7.05 Å². The molecule has 1 amide bonds. The molecule has 0 saturated carbocycles. The van der Waals surface area contributed by atoms with E-state index in [0.717, 1.165) is 47.5 Å². The van der Waals surface area contributed by atoms with Crippen molar-refractivity contribution in [3.63, 3.8) is 0 Å². The number of rotatable bonds is 4. The lowest BCUT2D eigenvalue weighted by molar-refractivity contribution is 0.0957. The molecule has 0 radical (unpaired) electrons. The maximum Gasteiger partial charge on any atom is 0.274 e. The van der Waals surface area contributed by atoms with Crippen molar-refractivity contribution in [1.82, 2.24) is 29.8 Å². The van der Waals surface area contributed by atoms with Crippen LogP contribution in [0.1, 0.15) is 27.3 Å². The molecule has 0 atom stereocenters. The van der Waals surface area contributed by atoms with E-state index in [1.807, 2.05) is 30.9 Å². The summed E-state index contributed by atoms with van der Waals surface area (Å²) in [5, 5.41) is 6.98. The Morgan fingerprint density at radius 3 is 2.62 bits per heavy atom. The Morgan fingerprint density at radius 2 is 1.91 bits per heavy atom. The van der Waals surface area contributed by atoms with E-state index in [1.54, 1.807) is 16.6 Å². The van der Waals surface area contributed by atoms with Gasteiger partial charge in [0.15, 0.2) is 0 Å². The molecular formula is C24H26FN7O2. The molecule has 1 aliphatic heterocycles. The zero-order valence-electron chi connectivity index (χ0n) is 19.4. The molecule has 4 heterocycles. The summed E-state index contributed by atoms with van der Waals surface area (Å²) >= 11 is 0. The first-order chi connectivity index (χ1) is 16.4. The van der Waals surface area contributed by atoms with Gasteiger partial charge in [0, 0.05) is 45.3 Å². The summed E-state index contributed by atoms with van der Waals surface area (Å²) in [6.45, 7) is 7.33. The van der Waals surface area contributed by atoms with Crippen LogP contribution in [0.3, 0.4) is 0 Å². The van der Waals surface area contributed by atoms with Gasteiger partial charge in [-0.1, -0.05) is 6.07 Å². The van der Waals surface area contributed by atoms with Gasteiger partial charge in [-0.25, -0.2) is 9.50 Å². The largest absolute Gasteiger partial charge is 0.365 e. The number of fused-ring (bicyclic) bond motifs is 3. The van der Waals surface area contributed by atoms with Crippen LogP contribution in [0.2, 0.25) is 0 Å². The van der Waals surface area contributed by atoms with Crippen LogP contribution in [-0.4, -0.2) is 63.6 Å². The Labute approximate surface area is 195 Å². The minimum absolute atomic E-state index is 0.0643. The number of amides is 1. The number of aromatic amines is 1. The molecule has 2 N–H and O–H groups in total. The summed E-state index contributed by atoms with van der Waals surface area (Å²) in [7, 11) is 1.49. The molecule has 5 rings (SSSR count). The van der Waals surface area contributed by atoms with Crippen molar-refractivity contribution in [3.05, 3.63) is 69.1 Å². The number of nitrogens with zero attached hydrogens (tertiary/aromatic N) is 5. The summed E-state index contributed by atoms with van der Waals surface area (Å²) in [6.07, 6.45) is 0. The highest BCUT2D eigenvalue weighted by atomic mass is 19.1. The number of anilines is 1. The van der Waals surface area contributed by atoms with Crippen LogP contribution < -0.4 is 15.8 Å². The van der Waals surface area contributed by atoms with Gasteiger partial charge in [-0.2, -0.15) is 9.49 Å². The van der Waals surface area contributed by atoms with Crippen molar-refractivity contribution in [1.29, 1.82) is 0 Å². The van der Waals surface area contributed by atoms with E-state index in [2.05, 4.69) is 31.3 Å². The summed E-state index contributed by atoms with van der Waals surface area (Å²) in [5.74, 6) is -1.05. The van der Waals surface area contributed by atoms with E-state index < -0.39 is 11.9 Å². The Kier molecular flexibility index (Phi) is 5.52. The highest BCUT2D eigenvalue weighted by Crippen LogP contribution is 2.22. The van der Waals surface area contributed by atoms with Crippen LogP contribution in [0.5, 0.6) is 0 Å². The molecule has 4 aromatic rings. The normalized spacial score (nSPS) is 14.8. The molecule has 3 aromatic heterocycles. The van der Waals surface area contributed by atoms with Crippen LogP contribution in [0.4, 0.5) is 10.1 Å². The third kappa shape index (κ3) is 3.79. The number of aromatic nitrogens is 4. The first-order valence-corrected chi connectivity index (χ1v) is 11.2. The molecule has 0 bridgehead atoms. The topological polar surface area (TPSA) is 98.6 Å². The van der Waals surface area contributed by atoms with Crippen molar-refractivity contribution < 1.29 is 9.18 Å². The van der Waals surface area contributed by atoms with E-state index in [4.69, 9.17) is 0 Å². The third-order valence-corrected chi connectivity index (χ3v) is 6.52. The molecule has 1 fully saturated rings. The number of aryl methyl sites for hydroxylation is 2. The maximum atomic E-state index is 14.5. The minimum Gasteiger partial charge on any atom is -0.365 e. The zero-order valence-corrected chi connectivity index (χ0v) is 19.4. The van der Waals surface area contributed by atoms with Gasteiger partial charge in [0.25, 0.3) is 11.5 Å². The third-order valence-electron chi connectivity index (χ3n) is 6.52. The summed E-state index contributed by atoms with van der Waals surface area (Å²) in [5.41, 5.74) is 5.34. The Balaban J connectivity index is 1.30. The number of piperazine rings is 1. The number of carbonyl (C=O) groups excluding carboxylic acids is 1. The lowest BCUT2D eigenvalue weighted by Gasteiger charge is -2.36. The van der Waals surface area contributed by atoms with Gasteiger partial charge in [-0.05, 0) is 43.7 Å². The van der Waals surface area contributed by atoms with Crippen LogP contribution in [-0.2, 0) is 6.54 Å². The molecule has 34 heavy (non-hydrogen) atoms. The van der Waals surface area contributed by atoms with Gasteiger partial charge in [0.2, 0.25) is 5.95 Å². The van der Waals surface area contributed by atoms with Crippen molar-refractivity contribution in [3.8, 4) is 0 Å². The van der Waals surface area contributed by atoms with Crippen molar-refractivity contribution in [2.24, 2.45) is 0 Å². The SMILES string of the molecule is CNC(=O)c1ccc(N2CCN(Cc3ccc4c(c3)[nH]c(=O)c3c(C)c(C)nn34)CC2)c(F)n1. The average Bonchev–Trinajstić information content (AvgIpc) is 3.14. The van der Waals surface area contributed by atoms with Gasteiger partial charge in [0.1, 0.15) is 11.2 Å². The smallest absolute Gasteiger partial charge is 0.274 e. The monoisotopic (exact) mass is 463 g/mol. The minimum atomic E-state index is -0.636. The van der Waals surface area contributed by atoms with Crippen molar-refractivity contribution >= 4 is 28.1 Å². The standard InChI is InChI=1S/C24H26FN7O2/c1-14-15(2)29-32-19-6-4-16(12-18(19)28-24(34)21(14)32)13-30-8-10-31(11-9-30)20-7-5-17(23(33)26-3)27-22(20)25/h4-7,12H,8-11,13H2,1-3H3,(H,26,33)(H,28,34). The van der Waals surface area contributed by atoms with E-state index >= 15 is 0 Å². The molecule has 176 valence electrons. The van der Waals surface area contributed by atoms with E-state index in [-0.39, 0.29) is 11.3 Å². The molecule has 1 aromatic carbocycles. The lowest BCUT2D eigenvalue weighted by atomic mass is 10.1. The molecule has 0 aliphatic carbocycles. The van der Waals surface area contributed by atoms with Crippen LogP contribution >= 0.6 is 0 Å². The van der Waals surface area contributed by atoms with Crippen molar-refractivity contribution in [2.75, 3.05) is 38.1 Å². The number of H-pyrrole nitrogens is 1. The quantitative estimate of drug-likeness (QED) is 0.450. The van der Waals surface area contributed by atoms with E-state index in [9.17, 15) is 14.0 Å². The average molecular weight is 464 g/mol. The Morgan fingerprint density at radius 1 is 1.15 bits per heavy atom. The summed E-state index contributed by atoms with van der Waals surface area (Å²) in [4.78, 5) is 35.3. The second-order valence-corrected chi connectivity index (χ2v) is 8.63. The number of carbonyl (C=O) groups is 1. The number of benzene rings is 1. The first-order valence-electron chi connectivity index (χ1n) is 11.2. The molecule has 1 saturated heterocycles. The molecule has 0 spiro atoms. The Bertz CT molecular complexity index is 1470. The fourth-order valence-corrected chi connectivity index (χ4v) is 4.52. The fourth-order valence-electron chi connectivity index (χ4n) is 4.52. The molecule has 0 unspecified atom stereocenters. The molecular weight excluding hydrogens is 437 g/mol. The van der Waals surface area contributed by atoms with Crippen LogP contribution in [0.15, 0.2) is 35.1 Å². The van der Waals surface area contributed by atoms with Gasteiger partial charge >= 0.3 is 0 Å².